The van der Waals surface area contributed by atoms with Crippen LogP contribution in [0.4, 0.5) is 22.7 Å². The number of nitrogens with one attached hydrogen (secondary N) is 2. The number of carbonyl (C=O) groups is 8. The summed E-state index contributed by atoms with van der Waals surface area (Å²) in [6.07, 6.45) is 0. The molecular formula is C44H52N4O8. The molecule has 0 bridgehead atoms. The lowest BCUT2D eigenvalue weighted by atomic mass is 10.0. The number of ketones is 8. The zero-order chi connectivity index (χ0) is 43.0. The topological polar surface area (TPSA) is 190 Å². The third kappa shape index (κ3) is 15.4. The lowest BCUT2D eigenvalue weighted by molar-refractivity contribution is 0.0998. The maximum absolute atomic E-state index is 11.3. The Morgan fingerprint density at radius 3 is 0.750 bits per heavy atom. The predicted molar refractivity (Wildman–Crippen MR) is 224 cm³/mol. The van der Waals surface area contributed by atoms with Gasteiger partial charge in [0.2, 0.25) is 0 Å². The number of Topliss-reactive ketones (excluding diaryl/α,β-unsaturated/α-hetero) is 8. The summed E-state index contributed by atoms with van der Waals surface area (Å²) in [5, 5.41) is 5.83. The van der Waals surface area contributed by atoms with Crippen LogP contribution in [-0.4, -0.2) is 74.5 Å². The van der Waals surface area contributed by atoms with Crippen LogP contribution in [0.3, 0.4) is 0 Å². The van der Waals surface area contributed by atoms with Crippen LogP contribution in [0, 0.1) is 0 Å². The summed E-state index contributed by atoms with van der Waals surface area (Å²) in [6, 6.07) is 20.1. The van der Waals surface area contributed by atoms with E-state index in [1.807, 2.05) is 19.0 Å². The Hall–Kier alpha value is -6.56. The van der Waals surface area contributed by atoms with Gasteiger partial charge >= 0.3 is 0 Å². The number of nitrogens with zero attached hydrogens (tertiary/aromatic N) is 1. The van der Waals surface area contributed by atoms with Crippen molar-refractivity contribution in [2.75, 3.05) is 49.5 Å². The average molecular weight is 765 g/mol. The Labute approximate surface area is 328 Å². The molecule has 4 aromatic carbocycles. The van der Waals surface area contributed by atoms with Crippen LogP contribution in [-0.2, 0) is 0 Å². The van der Waals surface area contributed by atoms with E-state index in [4.69, 9.17) is 5.73 Å². The van der Waals surface area contributed by atoms with Crippen LogP contribution in [0.2, 0.25) is 0 Å². The molecule has 0 atom stereocenters. The van der Waals surface area contributed by atoms with Crippen LogP contribution in [0.25, 0.3) is 0 Å². The number of anilines is 4. The molecule has 0 aliphatic carbocycles. The summed E-state index contributed by atoms with van der Waals surface area (Å²) in [7, 11) is 7.26. The van der Waals surface area contributed by atoms with Crippen LogP contribution in [0.5, 0.6) is 0 Å². The summed E-state index contributed by atoms with van der Waals surface area (Å²) in [5.74, 6) is -0.379. The Bertz CT molecular complexity index is 1950. The lowest BCUT2D eigenvalue weighted by Gasteiger charge is -2.14. The highest BCUT2D eigenvalue weighted by atomic mass is 16.1. The second kappa shape index (κ2) is 22.0. The maximum atomic E-state index is 11.3. The van der Waals surface area contributed by atoms with E-state index >= 15 is 0 Å². The Kier molecular flexibility index (Phi) is 18.6. The highest BCUT2D eigenvalue weighted by molar-refractivity contribution is 6.03. The smallest absolute Gasteiger partial charge is 0.159 e. The summed E-state index contributed by atoms with van der Waals surface area (Å²) >= 11 is 0. The lowest BCUT2D eigenvalue weighted by Crippen LogP contribution is -2.11. The Morgan fingerprint density at radius 1 is 0.375 bits per heavy atom. The number of benzene rings is 4. The molecule has 0 fully saturated rings. The Balaban J connectivity index is 0.000000374. The van der Waals surface area contributed by atoms with Gasteiger partial charge in [0.1, 0.15) is 0 Å². The van der Waals surface area contributed by atoms with Gasteiger partial charge in [-0.15, -0.1) is 0 Å². The molecule has 0 unspecified atom stereocenters. The second-order valence-electron chi connectivity index (χ2n) is 13.1. The first kappa shape index (κ1) is 47.5. The highest BCUT2D eigenvalue weighted by Crippen LogP contribution is 2.19. The van der Waals surface area contributed by atoms with E-state index in [1.165, 1.54) is 55.4 Å². The van der Waals surface area contributed by atoms with Crippen molar-refractivity contribution in [2.24, 2.45) is 0 Å². The van der Waals surface area contributed by atoms with Crippen LogP contribution >= 0.6 is 0 Å². The van der Waals surface area contributed by atoms with Crippen molar-refractivity contribution >= 4 is 69.0 Å². The molecule has 12 nitrogen and oxygen atoms in total. The fourth-order valence-electron chi connectivity index (χ4n) is 4.69. The van der Waals surface area contributed by atoms with Crippen molar-refractivity contribution in [2.45, 2.75) is 55.4 Å². The second-order valence-corrected chi connectivity index (χ2v) is 13.1. The molecule has 296 valence electrons. The minimum atomic E-state index is -0.0881. The molecular weight excluding hydrogens is 713 g/mol. The molecule has 12 heteroatoms. The number of nitrogens with two attached hydrogens (primary N) is 1. The average Bonchev–Trinajstić information content (AvgIpc) is 3.14. The van der Waals surface area contributed by atoms with E-state index in [9.17, 15) is 38.4 Å². The van der Waals surface area contributed by atoms with Crippen molar-refractivity contribution < 1.29 is 38.4 Å². The van der Waals surface area contributed by atoms with E-state index in [0.29, 0.717) is 50.2 Å². The predicted octanol–water partition coefficient (Wildman–Crippen LogP) is 8.10. The molecule has 0 radical (unpaired) electrons. The summed E-state index contributed by atoms with van der Waals surface area (Å²) in [4.78, 5) is 91.0. The molecule has 0 saturated carbocycles. The van der Waals surface area contributed by atoms with Crippen molar-refractivity contribution in [3.63, 3.8) is 0 Å². The zero-order valence-electron chi connectivity index (χ0n) is 34.2. The molecule has 4 rings (SSSR count). The fraction of sp³-hybridized carbons (Fsp3) is 0.273. The van der Waals surface area contributed by atoms with E-state index in [-0.39, 0.29) is 46.3 Å². The number of hydrogen-bond donors (Lipinski definition) is 3. The molecule has 0 spiro atoms. The van der Waals surface area contributed by atoms with Crippen molar-refractivity contribution in [3.8, 4) is 0 Å². The first-order valence-electron chi connectivity index (χ1n) is 17.5. The maximum Gasteiger partial charge on any atom is 0.159 e. The number of nitrogen functional groups attached to an aromatic ring is 1. The van der Waals surface area contributed by atoms with Gasteiger partial charge in [0.05, 0.1) is 0 Å². The molecule has 0 amide bonds. The van der Waals surface area contributed by atoms with Crippen molar-refractivity contribution in [1.82, 2.24) is 0 Å². The molecule has 56 heavy (non-hydrogen) atoms. The SMILES string of the molecule is CC(=O)c1cc(C(C)=O)cc(N(C)C)c1.CC(=O)c1cc(N)cc(C(C)=O)c1.CNc1cc(C(C)=O)cc(C(C)=O)c1.CNc1cc(C(C)=O)cc(C(C)=O)c1. The van der Waals surface area contributed by atoms with Gasteiger partial charge in [-0.25, -0.2) is 0 Å². The molecule has 0 saturated heterocycles. The number of carbonyl (C=O) groups excluding carboxylic acids is 8. The van der Waals surface area contributed by atoms with Crippen LogP contribution in [0.1, 0.15) is 138 Å². The van der Waals surface area contributed by atoms with Gasteiger partial charge in [0.25, 0.3) is 0 Å². The molecule has 0 aromatic heterocycles. The van der Waals surface area contributed by atoms with Gasteiger partial charge in [0, 0.05) is 95.4 Å². The van der Waals surface area contributed by atoms with Gasteiger partial charge in [0.15, 0.2) is 46.3 Å². The highest BCUT2D eigenvalue weighted by Gasteiger charge is 2.10. The van der Waals surface area contributed by atoms with Crippen molar-refractivity contribution in [1.29, 1.82) is 0 Å². The third-order valence-corrected chi connectivity index (χ3v) is 8.09. The van der Waals surface area contributed by atoms with Gasteiger partial charge < -0.3 is 21.3 Å². The molecule has 0 heterocycles. The zero-order valence-corrected chi connectivity index (χ0v) is 34.2. The third-order valence-electron chi connectivity index (χ3n) is 8.09. The van der Waals surface area contributed by atoms with Crippen molar-refractivity contribution in [3.05, 3.63) is 117 Å². The molecule has 4 aromatic rings. The standard InChI is InChI=1S/C12H15NO2.2C11H13NO2.C10H11NO2/c1-8(14)10-5-11(9(2)15)7-12(6-10)13(3)4;2*1-7(13)9-4-10(8(2)14)6-11(5-9)12-3;1-6(12)8-3-9(7(2)13)5-10(11)4-8/h5-7H,1-4H3;2*4-6,12H,1-3H3;3-5H,11H2,1-2H3. The van der Waals surface area contributed by atoms with Crippen LogP contribution in [0.15, 0.2) is 72.8 Å². The number of rotatable bonds is 11. The van der Waals surface area contributed by atoms with Gasteiger partial charge in [-0.2, -0.15) is 0 Å². The van der Waals surface area contributed by atoms with Crippen LogP contribution < -0.4 is 21.3 Å². The molecule has 0 aliphatic heterocycles. The minimum Gasteiger partial charge on any atom is -0.399 e. The van der Waals surface area contributed by atoms with E-state index in [0.717, 1.165) is 17.1 Å². The minimum absolute atomic E-state index is 0.0267. The quantitative estimate of drug-likeness (QED) is 0.0984. The largest absolute Gasteiger partial charge is 0.399 e. The van der Waals surface area contributed by atoms with Gasteiger partial charge in [-0.05, 0) is 128 Å². The fourth-order valence-corrected chi connectivity index (χ4v) is 4.69. The van der Waals surface area contributed by atoms with E-state index in [2.05, 4.69) is 10.6 Å². The van der Waals surface area contributed by atoms with Gasteiger partial charge in [-0.3, -0.25) is 38.4 Å². The monoisotopic (exact) mass is 764 g/mol. The first-order chi connectivity index (χ1) is 26.0. The van der Waals surface area contributed by atoms with E-state index < -0.39 is 0 Å². The van der Waals surface area contributed by atoms with Gasteiger partial charge in [-0.1, -0.05) is 0 Å². The molecule has 0 aliphatic rings. The van der Waals surface area contributed by atoms with E-state index in [1.54, 1.807) is 86.9 Å². The number of hydrogen-bond acceptors (Lipinski definition) is 12. The Morgan fingerprint density at radius 2 is 0.571 bits per heavy atom. The summed E-state index contributed by atoms with van der Waals surface area (Å²) in [5.41, 5.74) is 12.7. The molecule has 4 N–H and O–H groups in total. The normalized spacial score (nSPS) is 9.71. The first-order valence-corrected chi connectivity index (χ1v) is 17.5. The summed E-state index contributed by atoms with van der Waals surface area (Å²) < 4.78 is 0. The summed E-state index contributed by atoms with van der Waals surface area (Å²) in [6.45, 7) is 11.8.